The Morgan fingerprint density at radius 3 is 2.62 bits per heavy atom. The van der Waals surface area contributed by atoms with E-state index in [0.717, 1.165) is 0 Å². The van der Waals surface area contributed by atoms with Gasteiger partial charge in [-0.2, -0.15) is 0 Å². The second kappa shape index (κ2) is 7.99. The van der Waals surface area contributed by atoms with Crippen LogP contribution in [0.25, 0.3) is 11.3 Å². The standard InChI is InChI=1S/C18H12ClNO5S/c19-12-5-2-1-4-11(12)13-7-8-14(25-13)18(23)24-10-16(21)20-17(22)15-6-3-9-26-15/h1-9H,10H2,(H,20,21,22). The van der Waals surface area contributed by atoms with Crippen molar-refractivity contribution < 1.29 is 23.5 Å². The van der Waals surface area contributed by atoms with Crippen LogP contribution in [0.5, 0.6) is 0 Å². The minimum atomic E-state index is -0.818. The van der Waals surface area contributed by atoms with Crippen LogP contribution in [-0.4, -0.2) is 24.4 Å². The fourth-order valence-corrected chi connectivity index (χ4v) is 2.94. The van der Waals surface area contributed by atoms with E-state index in [1.54, 1.807) is 47.8 Å². The first-order chi connectivity index (χ1) is 12.5. The van der Waals surface area contributed by atoms with Crippen LogP contribution in [0.4, 0.5) is 0 Å². The second-order valence-corrected chi connectivity index (χ2v) is 6.43. The summed E-state index contributed by atoms with van der Waals surface area (Å²) < 4.78 is 10.3. The third kappa shape index (κ3) is 4.19. The first-order valence-corrected chi connectivity index (χ1v) is 8.70. The van der Waals surface area contributed by atoms with E-state index in [4.69, 9.17) is 20.8 Å². The van der Waals surface area contributed by atoms with E-state index >= 15 is 0 Å². The van der Waals surface area contributed by atoms with E-state index in [0.29, 0.717) is 21.2 Å². The molecule has 3 aromatic rings. The summed E-state index contributed by atoms with van der Waals surface area (Å²) in [7, 11) is 0. The Morgan fingerprint density at radius 2 is 1.88 bits per heavy atom. The quantitative estimate of drug-likeness (QED) is 0.671. The minimum absolute atomic E-state index is 0.0719. The van der Waals surface area contributed by atoms with Crippen LogP contribution in [0, 0.1) is 0 Å². The summed E-state index contributed by atoms with van der Waals surface area (Å²) in [6.07, 6.45) is 0. The molecule has 26 heavy (non-hydrogen) atoms. The number of imide groups is 1. The summed E-state index contributed by atoms with van der Waals surface area (Å²) in [5, 5.41) is 4.33. The molecule has 0 radical (unpaired) electrons. The second-order valence-electron chi connectivity index (χ2n) is 5.07. The van der Waals surface area contributed by atoms with E-state index in [1.165, 1.54) is 17.4 Å². The molecule has 1 N–H and O–H groups in total. The van der Waals surface area contributed by atoms with Gasteiger partial charge < -0.3 is 9.15 Å². The largest absolute Gasteiger partial charge is 0.450 e. The number of nitrogens with one attached hydrogen (secondary N) is 1. The number of hydrogen-bond donors (Lipinski definition) is 1. The van der Waals surface area contributed by atoms with Crippen molar-refractivity contribution in [2.45, 2.75) is 0 Å². The van der Waals surface area contributed by atoms with Crippen LogP contribution in [0.2, 0.25) is 5.02 Å². The lowest BCUT2D eigenvalue weighted by atomic mass is 10.2. The number of ether oxygens (including phenoxy) is 1. The maximum atomic E-state index is 12.0. The van der Waals surface area contributed by atoms with E-state index in [1.807, 2.05) is 0 Å². The normalized spacial score (nSPS) is 10.3. The van der Waals surface area contributed by atoms with E-state index in [-0.39, 0.29) is 5.76 Å². The predicted molar refractivity (Wildman–Crippen MR) is 96.2 cm³/mol. The molecular weight excluding hydrogens is 378 g/mol. The maximum Gasteiger partial charge on any atom is 0.374 e. The number of benzene rings is 1. The molecule has 8 heteroatoms. The Labute approximate surface area is 157 Å². The summed E-state index contributed by atoms with van der Waals surface area (Å²) in [5.41, 5.74) is 0.632. The van der Waals surface area contributed by atoms with Crippen LogP contribution in [0.3, 0.4) is 0 Å². The van der Waals surface area contributed by atoms with Gasteiger partial charge in [0.1, 0.15) is 5.76 Å². The number of hydrogen-bond acceptors (Lipinski definition) is 6. The lowest BCUT2D eigenvalue weighted by Crippen LogP contribution is -2.33. The van der Waals surface area contributed by atoms with Gasteiger partial charge >= 0.3 is 5.97 Å². The molecule has 0 saturated heterocycles. The highest BCUT2D eigenvalue weighted by Crippen LogP contribution is 2.29. The lowest BCUT2D eigenvalue weighted by Gasteiger charge is -2.04. The number of furan rings is 1. The van der Waals surface area contributed by atoms with Crippen molar-refractivity contribution in [3.8, 4) is 11.3 Å². The molecule has 6 nitrogen and oxygen atoms in total. The zero-order valence-electron chi connectivity index (χ0n) is 13.2. The van der Waals surface area contributed by atoms with Crippen LogP contribution < -0.4 is 5.32 Å². The Bertz CT molecular complexity index is 948. The Hall–Kier alpha value is -2.90. The molecule has 1 aromatic carbocycles. The summed E-state index contributed by atoms with van der Waals surface area (Å²) in [5.74, 6) is -1.76. The van der Waals surface area contributed by atoms with Gasteiger partial charge in [0.25, 0.3) is 11.8 Å². The molecular formula is C18H12ClNO5S. The summed E-state index contributed by atoms with van der Waals surface area (Å²) in [6, 6.07) is 13.3. The zero-order valence-corrected chi connectivity index (χ0v) is 14.8. The van der Waals surface area contributed by atoms with Crippen LogP contribution in [0.15, 0.2) is 58.3 Å². The first kappa shape index (κ1) is 17.9. The van der Waals surface area contributed by atoms with Crippen molar-refractivity contribution in [3.05, 3.63) is 69.6 Å². The van der Waals surface area contributed by atoms with Gasteiger partial charge in [0.15, 0.2) is 6.61 Å². The highest BCUT2D eigenvalue weighted by molar-refractivity contribution is 7.12. The molecule has 2 amide bonds. The first-order valence-electron chi connectivity index (χ1n) is 7.44. The molecule has 3 rings (SSSR count). The number of rotatable bonds is 5. The van der Waals surface area contributed by atoms with Crippen LogP contribution in [0.1, 0.15) is 20.2 Å². The highest BCUT2D eigenvalue weighted by Gasteiger charge is 2.17. The average Bonchev–Trinajstić information content (AvgIpc) is 3.32. The number of carbonyl (C=O) groups excluding carboxylic acids is 3. The fourth-order valence-electron chi connectivity index (χ4n) is 2.09. The van der Waals surface area contributed by atoms with E-state index in [2.05, 4.69) is 5.32 Å². The molecule has 2 aromatic heterocycles. The van der Waals surface area contributed by atoms with Gasteiger partial charge in [-0.3, -0.25) is 14.9 Å². The zero-order chi connectivity index (χ0) is 18.5. The Morgan fingerprint density at radius 1 is 1.08 bits per heavy atom. The monoisotopic (exact) mass is 389 g/mol. The van der Waals surface area contributed by atoms with Gasteiger partial charge in [-0.15, -0.1) is 11.3 Å². The molecule has 0 fully saturated rings. The maximum absolute atomic E-state index is 12.0. The number of carbonyl (C=O) groups is 3. The predicted octanol–water partition coefficient (Wildman–Crippen LogP) is 3.77. The molecule has 0 unspecified atom stereocenters. The SMILES string of the molecule is O=C(COC(=O)c1ccc(-c2ccccc2Cl)o1)NC(=O)c1cccs1. The molecule has 0 saturated carbocycles. The van der Waals surface area contributed by atoms with E-state index < -0.39 is 24.4 Å². The molecule has 0 spiro atoms. The smallest absolute Gasteiger partial charge is 0.374 e. The van der Waals surface area contributed by atoms with Gasteiger partial charge in [0.05, 0.1) is 9.90 Å². The fraction of sp³-hybridized carbons (Fsp3) is 0.0556. The molecule has 0 aliphatic heterocycles. The van der Waals surface area contributed by atoms with Crippen molar-refractivity contribution in [2.24, 2.45) is 0 Å². The van der Waals surface area contributed by atoms with Crippen LogP contribution in [-0.2, 0) is 9.53 Å². The highest BCUT2D eigenvalue weighted by atomic mass is 35.5. The Kier molecular flexibility index (Phi) is 5.50. The third-order valence-corrected chi connectivity index (χ3v) is 4.48. The minimum Gasteiger partial charge on any atom is -0.450 e. The topological polar surface area (TPSA) is 85.6 Å². The third-order valence-electron chi connectivity index (χ3n) is 3.28. The molecule has 0 atom stereocenters. The summed E-state index contributed by atoms with van der Waals surface area (Å²) in [6.45, 7) is -0.599. The van der Waals surface area contributed by atoms with Crippen molar-refractivity contribution in [2.75, 3.05) is 6.61 Å². The molecule has 0 aliphatic rings. The van der Waals surface area contributed by atoms with E-state index in [9.17, 15) is 14.4 Å². The molecule has 132 valence electrons. The van der Waals surface area contributed by atoms with Gasteiger partial charge in [0.2, 0.25) is 5.76 Å². The van der Waals surface area contributed by atoms with Gasteiger partial charge in [-0.05, 0) is 35.7 Å². The Balaban J connectivity index is 1.56. The lowest BCUT2D eigenvalue weighted by molar-refractivity contribution is -0.123. The van der Waals surface area contributed by atoms with Gasteiger partial charge in [-0.1, -0.05) is 29.8 Å². The van der Waals surface area contributed by atoms with Crippen LogP contribution >= 0.6 is 22.9 Å². The summed E-state index contributed by atoms with van der Waals surface area (Å²) >= 11 is 7.28. The van der Waals surface area contributed by atoms with Crippen molar-refractivity contribution in [1.82, 2.24) is 5.32 Å². The van der Waals surface area contributed by atoms with Gasteiger partial charge in [0, 0.05) is 5.56 Å². The van der Waals surface area contributed by atoms with Crippen molar-refractivity contribution >= 4 is 40.7 Å². The molecule has 2 heterocycles. The van der Waals surface area contributed by atoms with Crippen molar-refractivity contribution in [1.29, 1.82) is 0 Å². The number of amides is 2. The van der Waals surface area contributed by atoms with Gasteiger partial charge in [-0.25, -0.2) is 4.79 Å². The summed E-state index contributed by atoms with van der Waals surface area (Å²) in [4.78, 5) is 35.8. The number of halogens is 1. The number of thiophene rings is 1. The van der Waals surface area contributed by atoms with Crippen molar-refractivity contribution in [3.63, 3.8) is 0 Å². The number of esters is 1. The molecule has 0 aliphatic carbocycles. The molecule has 0 bridgehead atoms. The average molecular weight is 390 g/mol.